The largest absolute Gasteiger partial charge is 0.489 e. The number of H-pyrrole nitrogens is 1. The van der Waals surface area contributed by atoms with Gasteiger partial charge in [0.1, 0.15) is 24.6 Å². The van der Waals surface area contributed by atoms with Crippen molar-refractivity contribution in [1.29, 1.82) is 0 Å². The molecule has 406 valence electrons. The molecule has 11 rings (SSSR count). The van der Waals surface area contributed by atoms with Gasteiger partial charge in [-0.3, -0.25) is 19.8 Å². The number of nitro benzene ring substituents is 1. The van der Waals surface area contributed by atoms with E-state index in [4.69, 9.17) is 14.2 Å². The third-order valence-electron chi connectivity index (χ3n) is 17.3. The Balaban J connectivity index is 0.850. The number of aromatic nitrogens is 2. The molecule has 19 nitrogen and oxygen atoms in total. The van der Waals surface area contributed by atoms with Crippen LogP contribution in [0.15, 0.2) is 77.8 Å². The molecule has 2 saturated carbocycles. The molecule has 0 bridgehead atoms. The van der Waals surface area contributed by atoms with Crippen LogP contribution in [0.25, 0.3) is 11.0 Å². The molecular weight excluding hydrogens is 1010 g/mol. The number of aliphatic hydroxyl groups is 1. The van der Waals surface area contributed by atoms with Crippen molar-refractivity contribution in [3.05, 3.63) is 99.7 Å². The van der Waals surface area contributed by atoms with Gasteiger partial charge in [0.25, 0.3) is 27.5 Å². The van der Waals surface area contributed by atoms with Crippen molar-refractivity contribution in [3.8, 4) is 23.1 Å². The molecule has 4 aliphatic heterocycles. The van der Waals surface area contributed by atoms with E-state index in [2.05, 4.69) is 67.9 Å². The number of pyridine rings is 1. The summed E-state index contributed by atoms with van der Waals surface area (Å²) in [6.45, 7) is 9.43. The van der Waals surface area contributed by atoms with E-state index in [1.165, 1.54) is 40.4 Å². The van der Waals surface area contributed by atoms with Gasteiger partial charge in [-0.15, -0.1) is 0 Å². The average Bonchev–Trinajstić information content (AvgIpc) is 4.10. The number of carbonyl (C=O) groups is 1. The van der Waals surface area contributed by atoms with Gasteiger partial charge in [-0.05, 0) is 137 Å². The first-order valence-corrected chi connectivity index (χ1v) is 30.1. The maximum Gasteiger partial charge on any atom is 0.297 e. The molecule has 3 aromatic carbocycles. The van der Waals surface area contributed by atoms with Crippen LogP contribution >= 0.6 is 0 Å². The Morgan fingerprint density at radius 2 is 1.72 bits per heavy atom. The van der Waals surface area contributed by atoms with Crippen LogP contribution in [-0.2, 0) is 20.0 Å². The molecule has 5 fully saturated rings. The van der Waals surface area contributed by atoms with E-state index in [9.17, 15) is 36.9 Å². The molecule has 5 aromatic rings. The molecular formula is C55H68N8O11S2. The lowest BCUT2D eigenvalue weighted by atomic mass is 9.59. The van der Waals surface area contributed by atoms with Crippen LogP contribution in [-0.4, -0.2) is 121 Å². The zero-order valence-electron chi connectivity index (χ0n) is 43.5. The lowest BCUT2D eigenvalue weighted by molar-refractivity contribution is -0.384. The number of hydrogen-bond donors (Lipinski definition) is 4. The second-order valence-corrected chi connectivity index (χ2v) is 26.4. The van der Waals surface area contributed by atoms with Gasteiger partial charge in [-0.1, -0.05) is 38.1 Å². The zero-order valence-corrected chi connectivity index (χ0v) is 45.1. The fourth-order valence-corrected chi connectivity index (χ4v) is 15.0. The van der Waals surface area contributed by atoms with Gasteiger partial charge >= 0.3 is 0 Å². The quantitative estimate of drug-likeness (QED) is 0.0567. The van der Waals surface area contributed by atoms with Crippen LogP contribution in [0.1, 0.15) is 125 Å². The lowest BCUT2D eigenvalue weighted by Gasteiger charge is -2.56. The first-order valence-electron chi connectivity index (χ1n) is 26.7. The van der Waals surface area contributed by atoms with Crippen LogP contribution in [0, 0.1) is 21.4 Å². The number of nitro groups is 1. The number of nitrogens with one attached hydrogen (secondary N) is 3. The summed E-state index contributed by atoms with van der Waals surface area (Å²) in [4.78, 5) is 38.6. The smallest absolute Gasteiger partial charge is 0.297 e. The molecule has 6 heterocycles. The number of hydrogen-bond acceptors (Lipinski definition) is 15. The lowest BCUT2D eigenvalue weighted by Crippen LogP contribution is -2.54. The number of ether oxygens (including phenoxy) is 3. The maximum atomic E-state index is 14.5. The molecule has 2 aliphatic carbocycles. The van der Waals surface area contributed by atoms with Crippen LogP contribution < -0.4 is 29.1 Å². The van der Waals surface area contributed by atoms with Crippen molar-refractivity contribution in [2.45, 2.75) is 132 Å². The summed E-state index contributed by atoms with van der Waals surface area (Å²) < 4.78 is 75.7. The zero-order chi connectivity index (χ0) is 53.3. The minimum absolute atomic E-state index is 0.00175. The summed E-state index contributed by atoms with van der Waals surface area (Å²) in [7, 11) is -8.25. The number of sulfonamides is 2. The fraction of sp³-hybridized carbons (Fsp3) is 0.527. The van der Waals surface area contributed by atoms with Gasteiger partial charge in [-0.2, -0.15) is 9.29 Å². The number of rotatable bonds is 15. The third-order valence-corrected chi connectivity index (χ3v) is 19.9. The summed E-state index contributed by atoms with van der Waals surface area (Å²) in [6, 6.07) is 19.7. The van der Waals surface area contributed by atoms with Crippen molar-refractivity contribution in [2.24, 2.45) is 11.3 Å². The first kappa shape index (κ1) is 52.1. The number of anilines is 2. The van der Waals surface area contributed by atoms with Gasteiger partial charge in [0.15, 0.2) is 17.2 Å². The molecule has 21 heteroatoms. The van der Waals surface area contributed by atoms with E-state index < -0.39 is 53.1 Å². The summed E-state index contributed by atoms with van der Waals surface area (Å²) in [5, 5.41) is 26.9. The molecule has 1 spiro atoms. The highest BCUT2D eigenvalue weighted by Gasteiger charge is 2.50. The number of benzene rings is 3. The average molecular weight is 1080 g/mol. The second-order valence-electron chi connectivity index (χ2n) is 22.7. The highest BCUT2D eigenvalue weighted by Crippen LogP contribution is 2.55. The molecule has 0 unspecified atom stereocenters. The molecule has 6 aliphatic rings. The molecule has 0 radical (unpaired) electrons. The molecule has 1 amide bonds. The summed E-state index contributed by atoms with van der Waals surface area (Å²) >= 11 is 0. The normalized spacial score (nSPS) is 25.1. The van der Waals surface area contributed by atoms with Crippen molar-refractivity contribution >= 4 is 54.0 Å². The number of amides is 1. The van der Waals surface area contributed by atoms with E-state index >= 15 is 0 Å². The molecule has 4 N–H and O–H groups in total. The number of nitrogens with zero attached hydrogens (tertiary/aromatic N) is 5. The van der Waals surface area contributed by atoms with Crippen molar-refractivity contribution in [3.63, 3.8) is 0 Å². The van der Waals surface area contributed by atoms with Crippen LogP contribution in [0.4, 0.5) is 17.1 Å². The number of fused-ring (bicyclic) bond motifs is 2. The number of aromatic amines is 1. The molecule has 76 heavy (non-hydrogen) atoms. The maximum absolute atomic E-state index is 14.5. The summed E-state index contributed by atoms with van der Waals surface area (Å²) in [5.41, 5.74) is 2.96. The van der Waals surface area contributed by atoms with E-state index in [0.717, 1.165) is 63.3 Å². The Kier molecular flexibility index (Phi) is 13.8. The fourth-order valence-electron chi connectivity index (χ4n) is 12.8. The van der Waals surface area contributed by atoms with Crippen LogP contribution in [0.3, 0.4) is 0 Å². The monoisotopic (exact) mass is 1080 g/mol. The van der Waals surface area contributed by atoms with Gasteiger partial charge in [0.2, 0.25) is 10.0 Å². The Hall–Kier alpha value is -6.00. The van der Waals surface area contributed by atoms with E-state index in [1.807, 2.05) is 0 Å². The molecule has 2 aromatic heterocycles. The highest BCUT2D eigenvalue weighted by molar-refractivity contribution is 7.90. The Morgan fingerprint density at radius 3 is 2.43 bits per heavy atom. The topological polar surface area (TPSA) is 239 Å². The van der Waals surface area contributed by atoms with Crippen LogP contribution in [0.5, 0.6) is 23.1 Å². The van der Waals surface area contributed by atoms with Crippen molar-refractivity contribution in [1.82, 2.24) is 23.9 Å². The Bertz CT molecular complexity index is 3270. The van der Waals surface area contributed by atoms with Gasteiger partial charge in [-0.25, -0.2) is 21.6 Å². The van der Waals surface area contributed by atoms with Gasteiger partial charge < -0.3 is 34.5 Å². The SMILES string of the molecule is CC(C)c1ccccc1[C@H]1CCCN1C1CC2(CCN(c3ccc(C(=O)NS(=O)(=O)c4cc5c(c([N+](=O)[O-])c4)N[C@@H](C4CCC(C)(O)CC4)CO5)c(Oc4cc5cc[nH]c5nc4OC[C@H]4CCN4S(C)(=O)=O)c3)CC2)C1. The van der Waals surface area contributed by atoms with E-state index in [-0.39, 0.29) is 65.0 Å². The first-order chi connectivity index (χ1) is 36.2. The summed E-state index contributed by atoms with van der Waals surface area (Å²) in [6.07, 6.45) is 12.6. The minimum atomic E-state index is -4.78. The van der Waals surface area contributed by atoms with Crippen molar-refractivity contribution in [2.75, 3.05) is 55.9 Å². The predicted octanol–water partition coefficient (Wildman–Crippen LogP) is 8.62. The molecule has 3 atom stereocenters. The van der Waals surface area contributed by atoms with Crippen molar-refractivity contribution < 1.29 is 45.9 Å². The number of likely N-dealkylation sites (tertiary alicyclic amines) is 1. The second kappa shape index (κ2) is 20.1. The van der Waals surface area contributed by atoms with Gasteiger partial charge in [0, 0.05) is 67.2 Å². The number of piperidine rings is 1. The minimum Gasteiger partial charge on any atom is -0.489 e. The highest BCUT2D eigenvalue weighted by atomic mass is 32.2. The van der Waals surface area contributed by atoms with E-state index in [1.54, 1.807) is 37.4 Å². The predicted molar refractivity (Wildman–Crippen MR) is 287 cm³/mol. The van der Waals surface area contributed by atoms with E-state index in [0.29, 0.717) is 67.7 Å². The third kappa shape index (κ3) is 10.3. The Morgan fingerprint density at radius 1 is 0.961 bits per heavy atom. The van der Waals surface area contributed by atoms with Gasteiger partial charge in [0.05, 0.1) is 39.3 Å². The van der Waals surface area contributed by atoms with Crippen LogP contribution in [0.2, 0.25) is 0 Å². The standard InChI is InChI=1S/C55H68N8O11S2/c1-34(2)41-8-5-6-9-42(41)45-10-7-22-61(45)39-30-55(31-39)19-24-60(25-20-55)37-11-12-43(47(27-37)74-49-26-36-15-21-56-51(36)58-53(49)73-32-38-16-23-62(38)75(4,68)69)52(64)59-76(70,71)40-28-46(63(66)67)50-48(29-40)72-33-44(57-50)35-13-17-54(3,65)18-14-35/h5-6,8-9,11-12,15,21,26-29,34-35,38-39,44-45,57,65H,7,10,13-14,16-20,22-25,30-33H2,1-4H3,(H,56,58)(H,59,64)/t35?,38-,44-,45-,54?/m1/s1. The summed E-state index contributed by atoms with van der Waals surface area (Å²) in [5.74, 6) is -0.430. The molecule has 3 saturated heterocycles. The Labute approximate surface area is 443 Å². The number of carbonyl (C=O) groups excluding carboxylic acids is 1.